The molecule has 2 aliphatic rings. The molecule has 8 nitrogen and oxygen atoms in total. The highest BCUT2D eigenvalue weighted by atomic mass is 35.5. The van der Waals surface area contributed by atoms with Crippen LogP contribution in [0.25, 0.3) is 0 Å². The van der Waals surface area contributed by atoms with Crippen LogP contribution in [0.2, 0.25) is 10.0 Å². The van der Waals surface area contributed by atoms with Gasteiger partial charge in [-0.2, -0.15) is 15.0 Å². The number of hydrogen-bond acceptors (Lipinski definition) is 8. The van der Waals surface area contributed by atoms with E-state index in [1.807, 2.05) is 6.07 Å². The molecule has 1 saturated heterocycles. The van der Waals surface area contributed by atoms with E-state index in [1.54, 1.807) is 12.1 Å². The van der Waals surface area contributed by atoms with Gasteiger partial charge in [-0.3, -0.25) is 0 Å². The normalized spacial score (nSPS) is 24.3. The molecule has 0 spiro atoms. The maximum absolute atomic E-state index is 6.21. The van der Waals surface area contributed by atoms with Crippen molar-refractivity contribution in [3.05, 3.63) is 34.1 Å². The summed E-state index contributed by atoms with van der Waals surface area (Å²) in [6, 6.07) is 5.42. The van der Waals surface area contributed by atoms with E-state index < -0.39 is 0 Å². The highest BCUT2D eigenvalue weighted by molar-refractivity contribution is 6.42. The van der Waals surface area contributed by atoms with Crippen LogP contribution in [0.1, 0.15) is 31.0 Å². The minimum atomic E-state index is 0. The molecule has 2 heterocycles. The van der Waals surface area contributed by atoms with Gasteiger partial charge in [-0.1, -0.05) is 23.2 Å². The first kappa shape index (κ1) is 23.2. The van der Waals surface area contributed by atoms with Crippen LogP contribution < -0.4 is 21.7 Å². The molecule has 1 aliphatic carbocycles. The third-order valence-corrected chi connectivity index (χ3v) is 5.99. The van der Waals surface area contributed by atoms with Crippen molar-refractivity contribution in [1.82, 2.24) is 15.0 Å². The lowest BCUT2D eigenvalue weighted by molar-refractivity contribution is 0.122. The van der Waals surface area contributed by atoms with E-state index in [4.69, 9.17) is 44.4 Å². The second kappa shape index (κ2) is 10.3. The van der Waals surface area contributed by atoms with Crippen molar-refractivity contribution in [1.29, 1.82) is 0 Å². The molecule has 0 radical (unpaired) electrons. The molecule has 1 aliphatic heterocycles. The van der Waals surface area contributed by atoms with Gasteiger partial charge in [-0.05, 0) is 37.5 Å². The summed E-state index contributed by atoms with van der Waals surface area (Å²) in [6.45, 7) is 2.77. The first-order valence-corrected chi connectivity index (χ1v) is 10.6. The highest BCUT2D eigenvalue weighted by Gasteiger charge is 2.29. The van der Waals surface area contributed by atoms with Crippen LogP contribution in [-0.4, -0.2) is 53.3 Å². The van der Waals surface area contributed by atoms with Gasteiger partial charge in [-0.25, -0.2) is 0 Å². The second-order valence-electron chi connectivity index (χ2n) is 7.59. The van der Waals surface area contributed by atoms with E-state index in [-0.39, 0.29) is 30.4 Å². The second-order valence-corrected chi connectivity index (χ2v) is 8.41. The predicted molar refractivity (Wildman–Crippen MR) is 122 cm³/mol. The fourth-order valence-electron chi connectivity index (χ4n) is 3.85. The minimum absolute atomic E-state index is 0. The lowest BCUT2D eigenvalue weighted by Crippen LogP contribution is -2.40. The molecule has 1 saturated carbocycles. The van der Waals surface area contributed by atoms with E-state index in [9.17, 15) is 0 Å². The molecular formula is C19H26Cl3N7O. The standard InChI is InChI=1S/C19H25Cl2N7O.ClH/c20-15-2-1-14(10-16(15)21)24-18-25-17(11-7-12(22)9-13(23)8-11)26-19(27-18)28-3-5-29-6-4-28;/h1-2,10-13H,3-9,22-23H2,(H,24,25,26,27);1H/t11?,12-,13+;. The molecule has 5 N–H and O–H groups in total. The summed E-state index contributed by atoms with van der Waals surface area (Å²) >= 11 is 12.2. The first-order valence-electron chi connectivity index (χ1n) is 9.80. The lowest BCUT2D eigenvalue weighted by atomic mass is 9.83. The minimum Gasteiger partial charge on any atom is -0.378 e. The Bertz CT molecular complexity index is 856. The van der Waals surface area contributed by atoms with Crippen molar-refractivity contribution < 1.29 is 4.74 Å². The molecule has 1 aromatic carbocycles. The number of nitrogens with zero attached hydrogens (tertiary/aromatic N) is 4. The quantitative estimate of drug-likeness (QED) is 0.619. The van der Waals surface area contributed by atoms with E-state index >= 15 is 0 Å². The molecule has 2 fully saturated rings. The average Bonchev–Trinajstić information content (AvgIpc) is 2.70. The van der Waals surface area contributed by atoms with Gasteiger partial charge in [0.15, 0.2) is 0 Å². The third kappa shape index (κ3) is 5.63. The topological polar surface area (TPSA) is 115 Å². The molecule has 3 atom stereocenters. The summed E-state index contributed by atoms with van der Waals surface area (Å²) in [5.74, 6) is 1.91. The van der Waals surface area contributed by atoms with Crippen LogP contribution in [0.5, 0.6) is 0 Å². The number of aromatic nitrogens is 3. The highest BCUT2D eigenvalue weighted by Crippen LogP contribution is 2.32. The van der Waals surface area contributed by atoms with E-state index in [0.717, 1.165) is 43.9 Å². The van der Waals surface area contributed by atoms with Gasteiger partial charge < -0.3 is 26.4 Å². The Hall–Kier alpha value is -1.42. The smallest absolute Gasteiger partial charge is 0.232 e. The number of benzene rings is 1. The fourth-order valence-corrected chi connectivity index (χ4v) is 4.14. The van der Waals surface area contributed by atoms with E-state index in [2.05, 4.69) is 20.2 Å². The molecule has 1 aromatic heterocycles. The largest absolute Gasteiger partial charge is 0.378 e. The Morgan fingerprint density at radius 2 is 1.67 bits per heavy atom. The van der Waals surface area contributed by atoms with Crippen molar-refractivity contribution in [2.24, 2.45) is 11.5 Å². The van der Waals surface area contributed by atoms with Gasteiger partial charge in [0, 0.05) is 36.8 Å². The van der Waals surface area contributed by atoms with Crippen LogP contribution in [0, 0.1) is 0 Å². The van der Waals surface area contributed by atoms with Crippen LogP contribution in [0.4, 0.5) is 17.6 Å². The molecule has 0 amide bonds. The zero-order chi connectivity index (χ0) is 20.4. The van der Waals surface area contributed by atoms with E-state index in [0.29, 0.717) is 35.2 Å². The molecule has 30 heavy (non-hydrogen) atoms. The van der Waals surface area contributed by atoms with Crippen molar-refractivity contribution in [2.45, 2.75) is 37.3 Å². The molecular weight excluding hydrogens is 449 g/mol. The van der Waals surface area contributed by atoms with Gasteiger partial charge in [0.05, 0.1) is 23.3 Å². The number of anilines is 3. The van der Waals surface area contributed by atoms with Gasteiger partial charge in [0.25, 0.3) is 0 Å². The zero-order valence-corrected chi connectivity index (χ0v) is 18.8. The zero-order valence-electron chi connectivity index (χ0n) is 16.4. The third-order valence-electron chi connectivity index (χ3n) is 5.26. The molecule has 11 heteroatoms. The van der Waals surface area contributed by atoms with Crippen molar-refractivity contribution in [3.63, 3.8) is 0 Å². The number of hydrogen-bond donors (Lipinski definition) is 3. The summed E-state index contributed by atoms with van der Waals surface area (Å²) in [5.41, 5.74) is 13.2. The first-order chi connectivity index (χ1) is 14.0. The Balaban J connectivity index is 0.00000256. The molecule has 4 rings (SSSR count). The maximum atomic E-state index is 6.21. The number of ether oxygens (including phenoxy) is 1. The fraction of sp³-hybridized carbons (Fsp3) is 0.526. The Labute approximate surface area is 192 Å². The summed E-state index contributed by atoms with van der Waals surface area (Å²) in [4.78, 5) is 16.2. The van der Waals surface area contributed by atoms with Crippen molar-refractivity contribution in [2.75, 3.05) is 36.5 Å². The number of morpholine rings is 1. The number of halogens is 3. The number of rotatable bonds is 4. The Morgan fingerprint density at radius 1 is 0.967 bits per heavy atom. The maximum Gasteiger partial charge on any atom is 0.232 e. The molecule has 164 valence electrons. The van der Waals surface area contributed by atoms with Crippen LogP contribution in [-0.2, 0) is 4.74 Å². The SMILES string of the molecule is Cl.N[C@@H]1CC(c2nc(Nc3ccc(Cl)c(Cl)c3)nc(N3CCOCC3)n2)C[C@H](N)C1. The number of nitrogens with one attached hydrogen (secondary N) is 1. The monoisotopic (exact) mass is 473 g/mol. The summed E-state index contributed by atoms with van der Waals surface area (Å²) in [5, 5.41) is 4.18. The average molecular weight is 475 g/mol. The summed E-state index contributed by atoms with van der Waals surface area (Å²) < 4.78 is 5.46. The van der Waals surface area contributed by atoms with Gasteiger partial charge in [-0.15, -0.1) is 12.4 Å². The molecule has 0 bridgehead atoms. The van der Waals surface area contributed by atoms with Gasteiger partial charge in [0.1, 0.15) is 5.82 Å². The van der Waals surface area contributed by atoms with Crippen molar-refractivity contribution >= 4 is 53.2 Å². The predicted octanol–water partition coefficient (Wildman–Crippen LogP) is 3.10. The summed E-state index contributed by atoms with van der Waals surface area (Å²) in [6.07, 6.45) is 2.45. The van der Waals surface area contributed by atoms with Gasteiger partial charge in [0.2, 0.25) is 11.9 Å². The van der Waals surface area contributed by atoms with Crippen LogP contribution in [0.15, 0.2) is 18.2 Å². The van der Waals surface area contributed by atoms with Gasteiger partial charge >= 0.3 is 0 Å². The van der Waals surface area contributed by atoms with Crippen molar-refractivity contribution in [3.8, 4) is 0 Å². The summed E-state index contributed by atoms with van der Waals surface area (Å²) in [7, 11) is 0. The number of nitrogens with two attached hydrogens (primary N) is 2. The van der Waals surface area contributed by atoms with E-state index in [1.165, 1.54) is 0 Å². The van der Waals surface area contributed by atoms with Crippen LogP contribution in [0.3, 0.4) is 0 Å². The lowest BCUT2D eigenvalue weighted by Gasteiger charge is -2.31. The molecule has 1 unspecified atom stereocenters. The van der Waals surface area contributed by atoms with Crippen LogP contribution >= 0.6 is 35.6 Å². The molecule has 2 aromatic rings. The Kier molecular flexibility index (Phi) is 7.95. The Morgan fingerprint density at radius 3 is 2.33 bits per heavy atom.